The maximum Gasteiger partial charge on any atom is 0.125 e. The summed E-state index contributed by atoms with van der Waals surface area (Å²) in [6.45, 7) is 4.45. The molecule has 1 heterocycles. The van der Waals surface area contributed by atoms with Crippen LogP contribution in [0.5, 0.6) is 0 Å². The fraction of sp³-hybridized carbons (Fsp3) is 0.0204. The van der Waals surface area contributed by atoms with Crippen molar-refractivity contribution in [2.75, 3.05) is 0 Å². The molecule has 0 amide bonds. The van der Waals surface area contributed by atoms with Gasteiger partial charge in [-0.25, -0.2) is 0 Å². The lowest BCUT2D eigenvalue weighted by Crippen LogP contribution is -2.04. The third-order valence-corrected chi connectivity index (χ3v) is 10.9. The Morgan fingerprint density at radius 2 is 1.06 bits per heavy atom. The van der Waals surface area contributed by atoms with Crippen LogP contribution in [0.15, 0.2) is 192 Å². The van der Waals surface area contributed by atoms with E-state index in [9.17, 15) is 0 Å². The first kappa shape index (κ1) is 31.6. The molecule has 1 aromatic heterocycles. The molecule has 0 bridgehead atoms. The molecule has 0 aliphatic heterocycles. The van der Waals surface area contributed by atoms with E-state index < -0.39 is 0 Å². The summed E-state index contributed by atoms with van der Waals surface area (Å²) in [6, 6.07) is 65.2. The summed E-state index contributed by atoms with van der Waals surface area (Å²) in [4.78, 5) is 9.90. The Bertz CT molecular complexity index is 2780. The normalized spacial score (nSPS) is 11.7. The zero-order chi connectivity index (χ0) is 34.9. The van der Waals surface area contributed by atoms with Crippen LogP contribution < -0.4 is 0 Å². The summed E-state index contributed by atoms with van der Waals surface area (Å²) in [7, 11) is 0. The van der Waals surface area contributed by atoms with Crippen LogP contribution in [0.1, 0.15) is 16.7 Å². The number of fused-ring (bicyclic) bond motifs is 4. The highest BCUT2D eigenvalue weighted by Gasteiger charge is 2.18. The van der Waals surface area contributed by atoms with Crippen LogP contribution in [0.25, 0.3) is 65.0 Å². The average molecular weight is 683 g/mol. The van der Waals surface area contributed by atoms with Gasteiger partial charge in [0.2, 0.25) is 0 Å². The van der Waals surface area contributed by atoms with E-state index in [1.807, 2.05) is 6.07 Å². The van der Waals surface area contributed by atoms with Gasteiger partial charge >= 0.3 is 0 Å². The molecule has 0 atom stereocenters. The van der Waals surface area contributed by atoms with Gasteiger partial charge < -0.3 is 0 Å². The van der Waals surface area contributed by atoms with Gasteiger partial charge in [0.15, 0.2) is 0 Å². The van der Waals surface area contributed by atoms with E-state index in [0.29, 0.717) is 6.54 Å². The summed E-state index contributed by atoms with van der Waals surface area (Å²) in [5, 5.41) is 7.06. The van der Waals surface area contributed by atoms with Crippen molar-refractivity contribution in [2.24, 2.45) is 9.98 Å². The molecule has 9 aromatic rings. The molecule has 246 valence electrons. The molecule has 9 rings (SSSR count). The van der Waals surface area contributed by atoms with Gasteiger partial charge in [-0.2, -0.15) is 0 Å². The lowest BCUT2D eigenvalue weighted by Gasteiger charge is -2.13. The van der Waals surface area contributed by atoms with Gasteiger partial charge in [0.05, 0.1) is 12.3 Å². The Balaban J connectivity index is 1.20. The summed E-state index contributed by atoms with van der Waals surface area (Å²) in [5.74, 6) is 0. The number of benzene rings is 8. The topological polar surface area (TPSA) is 24.7 Å². The van der Waals surface area contributed by atoms with Gasteiger partial charge in [0, 0.05) is 21.2 Å². The van der Waals surface area contributed by atoms with E-state index in [4.69, 9.17) is 4.99 Å². The molecule has 0 saturated heterocycles. The maximum atomic E-state index is 5.42. The average Bonchev–Trinajstić information content (AvgIpc) is 3.60. The largest absolute Gasteiger partial charge is 0.279 e. The Morgan fingerprint density at radius 3 is 1.85 bits per heavy atom. The maximum absolute atomic E-state index is 5.42. The zero-order valence-electron chi connectivity index (χ0n) is 28.5. The fourth-order valence-electron chi connectivity index (χ4n) is 7.27. The molecule has 8 aromatic carbocycles. The summed E-state index contributed by atoms with van der Waals surface area (Å²) in [5.41, 5.74) is 11.2. The lowest BCUT2D eigenvalue weighted by atomic mass is 9.92. The van der Waals surface area contributed by atoms with E-state index in [-0.39, 0.29) is 0 Å². The van der Waals surface area contributed by atoms with Crippen molar-refractivity contribution < 1.29 is 0 Å². The highest BCUT2D eigenvalue weighted by molar-refractivity contribution is 7.23. The number of thiophene rings is 1. The molecule has 0 radical (unpaired) electrons. The van der Waals surface area contributed by atoms with Crippen LogP contribution in [-0.2, 0) is 6.54 Å². The second-order valence-corrected chi connectivity index (χ2v) is 14.1. The summed E-state index contributed by atoms with van der Waals surface area (Å²) < 4.78 is 1.18. The molecule has 2 nitrogen and oxygen atoms in total. The van der Waals surface area contributed by atoms with Crippen LogP contribution in [-0.4, -0.2) is 12.4 Å². The van der Waals surface area contributed by atoms with Crippen molar-refractivity contribution in [1.82, 2.24) is 0 Å². The predicted molar refractivity (Wildman–Crippen MR) is 225 cm³/mol. The first-order chi connectivity index (χ1) is 25.7. The van der Waals surface area contributed by atoms with Crippen molar-refractivity contribution in [2.45, 2.75) is 6.54 Å². The summed E-state index contributed by atoms with van der Waals surface area (Å²) >= 11 is 1.66. The van der Waals surface area contributed by atoms with Crippen LogP contribution in [0.2, 0.25) is 0 Å². The minimum absolute atomic E-state index is 0.502. The molecule has 0 aliphatic carbocycles. The first-order valence-corrected chi connectivity index (χ1v) is 18.3. The van der Waals surface area contributed by atoms with Gasteiger partial charge in [-0.05, 0) is 104 Å². The van der Waals surface area contributed by atoms with Crippen LogP contribution >= 0.6 is 11.3 Å². The second kappa shape index (κ2) is 13.7. The van der Waals surface area contributed by atoms with E-state index in [1.165, 1.54) is 54.1 Å². The number of nitrogens with zero attached hydrogens (tertiary/aromatic N) is 2. The Labute approximate surface area is 307 Å². The second-order valence-electron chi connectivity index (χ2n) is 13.1. The molecule has 0 fully saturated rings. The van der Waals surface area contributed by atoms with Crippen LogP contribution in [0.4, 0.5) is 5.00 Å². The zero-order valence-corrected chi connectivity index (χ0v) is 29.4. The number of aliphatic imine (C=N–C) groups is 2. The van der Waals surface area contributed by atoms with Crippen molar-refractivity contribution in [1.29, 1.82) is 0 Å². The van der Waals surface area contributed by atoms with Crippen molar-refractivity contribution in [3.8, 4) is 33.4 Å². The fourth-order valence-corrected chi connectivity index (χ4v) is 8.28. The van der Waals surface area contributed by atoms with Crippen molar-refractivity contribution >= 4 is 60.4 Å². The Hall–Kier alpha value is -6.42. The molecular formula is C49H34N2S. The molecule has 0 saturated carbocycles. The quantitative estimate of drug-likeness (QED) is 0.113. The number of rotatable bonds is 8. The van der Waals surface area contributed by atoms with E-state index >= 15 is 0 Å². The monoisotopic (exact) mass is 682 g/mol. The Morgan fingerprint density at radius 1 is 0.462 bits per heavy atom. The van der Waals surface area contributed by atoms with Gasteiger partial charge in [0.25, 0.3) is 0 Å². The van der Waals surface area contributed by atoms with Crippen molar-refractivity contribution in [3.63, 3.8) is 0 Å². The number of hydrogen-bond acceptors (Lipinski definition) is 3. The minimum atomic E-state index is 0.502. The Kier molecular flexibility index (Phi) is 8.32. The smallest absolute Gasteiger partial charge is 0.125 e. The van der Waals surface area contributed by atoms with Gasteiger partial charge in [-0.15, -0.1) is 11.3 Å². The van der Waals surface area contributed by atoms with Crippen molar-refractivity contribution in [3.05, 3.63) is 199 Å². The van der Waals surface area contributed by atoms with Gasteiger partial charge in [-0.3, -0.25) is 9.98 Å². The summed E-state index contributed by atoms with van der Waals surface area (Å²) in [6.07, 6.45) is 0. The van der Waals surface area contributed by atoms with E-state index in [1.54, 1.807) is 11.3 Å². The van der Waals surface area contributed by atoms with E-state index in [2.05, 4.69) is 188 Å². The molecule has 52 heavy (non-hydrogen) atoms. The molecule has 0 spiro atoms. The van der Waals surface area contributed by atoms with Crippen LogP contribution in [0, 0.1) is 0 Å². The molecule has 0 N–H and O–H groups in total. The molecule has 0 unspecified atom stereocenters. The SMILES string of the molecule is C=Nc1sc2ccccc2c1C(=NCc1cc(-c2cccc(-c3ccccc3)c2)cc(-c2ccc3c(ccc4ccccc43)c2)c1)c1ccccc1. The third-order valence-electron chi connectivity index (χ3n) is 9.80. The van der Waals surface area contributed by atoms with Gasteiger partial charge in [0.1, 0.15) is 5.00 Å². The predicted octanol–water partition coefficient (Wildman–Crippen LogP) is 13.6. The molecular weight excluding hydrogens is 649 g/mol. The van der Waals surface area contributed by atoms with Crippen LogP contribution in [0.3, 0.4) is 0 Å². The first-order valence-electron chi connectivity index (χ1n) is 17.5. The van der Waals surface area contributed by atoms with E-state index in [0.717, 1.165) is 38.4 Å². The third kappa shape index (κ3) is 6.02. The minimum Gasteiger partial charge on any atom is -0.279 e. The van der Waals surface area contributed by atoms with Gasteiger partial charge in [-0.1, -0.05) is 146 Å². The highest BCUT2D eigenvalue weighted by Crippen LogP contribution is 2.40. The highest BCUT2D eigenvalue weighted by atomic mass is 32.1. The number of hydrogen-bond donors (Lipinski definition) is 0. The molecule has 3 heteroatoms. The lowest BCUT2D eigenvalue weighted by molar-refractivity contribution is 1.07. The molecule has 0 aliphatic rings. The standard InChI is InChI=1S/C49H34N2S/c1-50-49-47(45-21-10-11-22-46(45)52-49)48(36-16-6-3-7-17-36)51-32-33-27-41(38-19-12-18-37(29-38)34-13-4-2-5-14-34)31-42(28-33)39-25-26-44-40(30-39)24-23-35-15-8-9-20-43(35)44/h2-31H,1,32H2.